The van der Waals surface area contributed by atoms with Gasteiger partial charge in [-0.1, -0.05) is 11.6 Å². The SMILES string of the molecule is NC(=O)c1ccc(Cl)c(NCc2cnc[nH]2)c1. The second-order valence-corrected chi connectivity index (χ2v) is 3.90. The zero-order chi connectivity index (χ0) is 12.3. The lowest BCUT2D eigenvalue weighted by atomic mass is 10.2. The third-order valence-electron chi connectivity index (χ3n) is 2.28. The molecule has 17 heavy (non-hydrogen) atoms. The zero-order valence-corrected chi connectivity index (χ0v) is 9.66. The minimum absolute atomic E-state index is 0.418. The van der Waals surface area contributed by atoms with Crippen LogP contribution in [-0.2, 0) is 6.54 Å². The summed E-state index contributed by atoms with van der Waals surface area (Å²) < 4.78 is 0. The summed E-state index contributed by atoms with van der Waals surface area (Å²) >= 11 is 6.00. The van der Waals surface area contributed by atoms with Crippen molar-refractivity contribution in [2.45, 2.75) is 6.54 Å². The average molecular weight is 251 g/mol. The van der Waals surface area contributed by atoms with Crippen molar-refractivity contribution in [2.24, 2.45) is 5.73 Å². The molecular weight excluding hydrogens is 240 g/mol. The van der Waals surface area contributed by atoms with Crippen molar-refractivity contribution in [2.75, 3.05) is 5.32 Å². The lowest BCUT2D eigenvalue weighted by Crippen LogP contribution is -2.11. The number of anilines is 1. The van der Waals surface area contributed by atoms with Crippen LogP contribution in [0.4, 0.5) is 5.69 Å². The second-order valence-electron chi connectivity index (χ2n) is 3.49. The van der Waals surface area contributed by atoms with Crippen LogP contribution in [-0.4, -0.2) is 15.9 Å². The average Bonchev–Trinajstić information content (AvgIpc) is 2.80. The molecule has 0 radical (unpaired) electrons. The van der Waals surface area contributed by atoms with E-state index in [9.17, 15) is 4.79 Å². The maximum Gasteiger partial charge on any atom is 0.248 e. The molecule has 1 aromatic carbocycles. The fourth-order valence-corrected chi connectivity index (χ4v) is 1.57. The molecule has 0 saturated carbocycles. The third-order valence-corrected chi connectivity index (χ3v) is 2.60. The van der Waals surface area contributed by atoms with Gasteiger partial charge in [0.2, 0.25) is 5.91 Å². The summed E-state index contributed by atoms with van der Waals surface area (Å²) in [6, 6.07) is 4.85. The summed E-state index contributed by atoms with van der Waals surface area (Å²) in [4.78, 5) is 17.9. The van der Waals surface area contributed by atoms with Gasteiger partial charge in [-0.15, -0.1) is 0 Å². The number of nitrogens with zero attached hydrogens (tertiary/aromatic N) is 1. The van der Waals surface area contributed by atoms with Gasteiger partial charge in [-0.05, 0) is 18.2 Å². The number of primary amides is 1. The van der Waals surface area contributed by atoms with Gasteiger partial charge in [0.1, 0.15) is 0 Å². The third kappa shape index (κ3) is 2.76. The number of imidazole rings is 1. The van der Waals surface area contributed by atoms with Gasteiger partial charge in [0.15, 0.2) is 0 Å². The van der Waals surface area contributed by atoms with Crippen molar-refractivity contribution >= 4 is 23.2 Å². The molecule has 4 N–H and O–H groups in total. The maximum absolute atomic E-state index is 11.0. The largest absolute Gasteiger partial charge is 0.378 e. The molecule has 1 heterocycles. The Morgan fingerprint density at radius 3 is 3.00 bits per heavy atom. The minimum atomic E-state index is -0.480. The van der Waals surface area contributed by atoms with Gasteiger partial charge in [0.25, 0.3) is 0 Å². The number of carbonyl (C=O) groups is 1. The van der Waals surface area contributed by atoms with Gasteiger partial charge in [-0.3, -0.25) is 4.79 Å². The Balaban J connectivity index is 2.14. The maximum atomic E-state index is 11.0. The quantitative estimate of drug-likeness (QED) is 0.773. The van der Waals surface area contributed by atoms with E-state index in [1.165, 1.54) is 0 Å². The fraction of sp³-hybridized carbons (Fsp3) is 0.0909. The molecule has 88 valence electrons. The first-order chi connectivity index (χ1) is 8.16. The number of nitrogens with two attached hydrogens (primary N) is 1. The molecule has 1 amide bonds. The molecule has 0 aliphatic carbocycles. The van der Waals surface area contributed by atoms with E-state index in [0.717, 1.165) is 5.69 Å². The summed E-state index contributed by atoms with van der Waals surface area (Å²) in [5.41, 5.74) is 7.20. The molecule has 0 saturated heterocycles. The Labute approximate surface area is 103 Å². The number of aromatic nitrogens is 2. The summed E-state index contributed by atoms with van der Waals surface area (Å²) in [6.45, 7) is 0.544. The predicted molar refractivity (Wildman–Crippen MR) is 65.9 cm³/mol. The van der Waals surface area contributed by atoms with Crippen molar-refractivity contribution < 1.29 is 4.79 Å². The van der Waals surface area contributed by atoms with Crippen molar-refractivity contribution in [3.63, 3.8) is 0 Å². The number of aromatic amines is 1. The van der Waals surface area contributed by atoms with Crippen LogP contribution < -0.4 is 11.1 Å². The van der Waals surface area contributed by atoms with Crippen molar-refractivity contribution in [3.05, 3.63) is 47.0 Å². The van der Waals surface area contributed by atoms with E-state index in [2.05, 4.69) is 15.3 Å². The summed E-state index contributed by atoms with van der Waals surface area (Å²) in [7, 11) is 0. The number of benzene rings is 1. The number of hydrogen-bond donors (Lipinski definition) is 3. The van der Waals surface area contributed by atoms with Gasteiger partial charge in [-0.2, -0.15) is 0 Å². The van der Waals surface area contributed by atoms with E-state index in [-0.39, 0.29) is 0 Å². The molecule has 0 spiro atoms. The number of carbonyl (C=O) groups excluding carboxylic acids is 1. The molecule has 2 rings (SSSR count). The van der Waals surface area contributed by atoms with E-state index in [0.29, 0.717) is 22.8 Å². The molecular formula is C11H11ClN4O. The van der Waals surface area contributed by atoms with E-state index >= 15 is 0 Å². The molecule has 6 heteroatoms. The predicted octanol–water partition coefficient (Wildman–Crippen LogP) is 1.77. The number of halogens is 1. The summed E-state index contributed by atoms with van der Waals surface area (Å²) in [5, 5.41) is 3.64. The van der Waals surface area contributed by atoms with Crippen LogP contribution in [0.25, 0.3) is 0 Å². The normalized spacial score (nSPS) is 10.2. The highest BCUT2D eigenvalue weighted by Gasteiger charge is 2.05. The zero-order valence-electron chi connectivity index (χ0n) is 8.90. The van der Waals surface area contributed by atoms with Crippen LogP contribution in [0, 0.1) is 0 Å². The summed E-state index contributed by atoms with van der Waals surface area (Å²) in [5.74, 6) is -0.480. The topological polar surface area (TPSA) is 83.8 Å². The Kier molecular flexibility index (Phi) is 3.30. The van der Waals surface area contributed by atoms with E-state index in [1.807, 2.05) is 0 Å². The monoisotopic (exact) mass is 250 g/mol. The highest BCUT2D eigenvalue weighted by molar-refractivity contribution is 6.33. The first-order valence-electron chi connectivity index (χ1n) is 4.97. The first-order valence-corrected chi connectivity index (χ1v) is 5.35. The van der Waals surface area contributed by atoms with Crippen LogP contribution in [0.1, 0.15) is 16.1 Å². The molecule has 0 bridgehead atoms. The van der Waals surface area contributed by atoms with E-state index in [1.54, 1.807) is 30.7 Å². The number of nitrogens with one attached hydrogen (secondary N) is 2. The number of amides is 1. The first kappa shape index (κ1) is 11.5. The standard InChI is InChI=1S/C11H11ClN4O/c12-9-2-1-7(11(13)17)3-10(9)15-5-8-4-14-6-16-8/h1-4,6,15H,5H2,(H2,13,17)(H,14,16). The second kappa shape index (κ2) is 4.88. The van der Waals surface area contributed by atoms with Crippen LogP contribution >= 0.6 is 11.6 Å². The molecule has 0 atom stereocenters. The van der Waals surface area contributed by atoms with Crippen LogP contribution in [0.2, 0.25) is 5.02 Å². The number of H-pyrrole nitrogens is 1. The molecule has 0 aliphatic heterocycles. The molecule has 2 aromatic rings. The van der Waals surface area contributed by atoms with E-state index < -0.39 is 5.91 Å². The van der Waals surface area contributed by atoms with Gasteiger partial charge in [-0.25, -0.2) is 4.98 Å². The van der Waals surface area contributed by atoms with Crippen molar-refractivity contribution in [3.8, 4) is 0 Å². The van der Waals surface area contributed by atoms with Crippen molar-refractivity contribution in [1.82, 2.24) is 9.97 Å². The molecule has 0 fully saturated rings. The van der Waals surface area contributed by atoms with E-state index in [4.69, 9.17) is 17.3 Å². The number of rotatable bonds is 4. The van der Waals surface area contributed by atoms with Gasteiger partial charge < -0.3 is 16.0 Å². The Hall–Kier alpha value is -2.01. The molecule has 5 nitrogen and oxygen atoms in total. The van der Waals surface area contributed by atoms with Gasteiger partial charge >= 0.3 is 0 Å². The van der Waals surface area contributed by atoms with Gasteiger partial charge in [0, 0.05) is 11.8 Å². The summed E-state index contributed by atoms with van der Waals surface area (Å²) in [6.07, 6.45) is 3.30. The fourth-order valence-electron chi connectivity index (χ4n) is 1.39. The van der Waals surface area contributed by atoms with Crippen molar-refractivity contribution in [1.29, 1.82) is 0 Å². The van der Waals surface area contributed by atoms with Crippen LogP contribution in [0.5, 0.6) is 0 Å². The molecule has 0 unspecified atom stereocenters. The Morgan fingerprint density at radius 1 is 1.53 bits per heavy atom. The number of hydrogen-bond acceptors (Lipinski definition) is 3. The Bertz CT molecular complexity index is 524. The Morgan fingerprint density at radius 2 is 2.35 bits per heavy atom. The molecule has 0 aliphatic rings. The minimum Gasteiger partial charge on any atom is -0.378 e. The van der Waals surface area contributed by atoms with Gasteiger partial charge in [0.05, 0.1) is 29.3 Å². The van der Waals surface area contributed by atoms with Crippen LogP contribution in [0.3, 0.4) is 0 Å². The highest BCUT2D eigenvalue weighted by atomic mass is 35.5. The lowest BCUT2D eigenvalue weighted by molar-refractivity contribution is 0.100. The molecule has 1 aromatic heterocycles. The smallest absolute Gasteiger partial charge is 0.248 e. The van der Waals surface area contributed by atoms with Crippen LogP contribution in [0.15, 0.2) is 30.7 Å². The lowest BCUT2D eigenvalue weighted by Gasteiger charge is -2.08. The highest BCUT2D eigenvalue weighted by Crippen LogP contribution is 2.23.